The highest BCUT2D eigenvalue weighted by Crippen LogP contribution is 2.33. The molecule has 2 heterocycles. The normalized spacial score (nSPS) is 14.1. The van der Waals surface area contributed by atoms with Crippen LogP contribution in [0.4, 0.5) is 4.39 Å². The van der Waals surface area contributed by atoms with Crippen molar-refractivity contribution in [2.24, 2.45) is 0 Å². The molecule has 5 nitrogen and oxygen atoms in total. The average Bonchev–Trinajstić information content (AvgIpc) is 3.28. The second kappa shape index (κ2) is 5.56. The molecule has 2 aromatic heterocycles. The highest BCUT2D eigenvalue weighted by Gasteiger charge is 2.28. The molecule has 1 aliphatic rings. The van der Waals surface area contributed by atoms with Crippen molar-refractivity contribution in [3.05, 3.63) is 52.7 Å². The van der Waals surface area contributed by atoms with Gasteiger partial charge < -0.3 is 5.32 Å². The number of aryl methyl sites for hydroxylation is 1. The summed E-state index contributed by atoms with van der Waals surface area (Å²) in [6.07, 6.45) is 5.27. The van der Waals surface area contributed by atoms with Crippen LogP contribution < -0.4 is 5.32 Å². The van der Waals surface area contributed by atoms with Gasteiger partial charge in [0.05, 0.1) is 10.6 Å². The number of halogens is 2. The first-order valence-corrected chi connectivity index (χ1v) is 8.02. The minimum Gasteiger partial charge on any atom is -0.348 e. The van der Waals surface area contributed by atoms with Crippen LogP contribution in [0.1, 0.15) is 28.9 Å². The number of fused-ring (bicyclic) bond motifs is 1. The molecule has 1 aromatic carbocycles. The number of hydrogen-bond donors (Lipinski definition) is 1. The van der Waals surface area contributed by atoms with Gasteiger partial charge >= 0.3 is 0 Å². The highest BCUT2D eigenvalue weighted by atomic mass is 35.5. The van der Waals surface area contributed by atoms with Gasteiger partial charge in [-0.3, -0.25) is 4.79 Å². The second-order valence-electron chi connectivity index (χ2n) is 5.94. The van der Waals surface area contributed by atoms with E-state index >= 15 is 0 Å². The lowest BCUT2D eigenvalue weighted by atomic mass is 10.00. The molecule has 1 N–H and O–H groups in total. The van der Waals surface area contributed by atoms with Crippen LogP contribution >= 0.6 is 11.6 Å². The maximum atomic E-state index is 14.0. The Labute approximate surface area is 142 Å². The van der Waals surface area contributed by atoms with Gasteiger partial charge in [-0.1, -0.05) is 11.6 Å². The number of nitrogens with one attached hydrogen (secondary N) is 1. The molecule has 1 aliphatic carbocycles. The number of carbonyl (C=O) groups is 1. The molecule has 4 rings (SSSR count). The minimum atomic E-state index is -0.541. The van der Waals surface area contributed by atoms with Crippen LogP contribution in [-0.4, -0.2) is 26.5 Å². The third-order valence-electron chi connectivity index (χ3n) is 4.06. The summed E-state index contributed by atoms with van der Waals surface area (Å²) in [5, 5.41) is 7.32. The highest BCUT2D eigenvalue weighted by molar-refractivity contribution is 6.31. The average molecular weight is 345 g/mol. The van der Waals surface area contributed by atoms with Crippen molar-refractivity contribution in [2.75, 3.05) is 0 Å². The summed E-state index contributed by atoms with van der Waals surface area (Å²) in [5.74, 6) is -0.811. The number of carbonyl (C=O) groups excluding carboxylic acids is 1. The Bertz CT molecular complexity index is 965. The Balaban J connectivity index is 1.95. The summed E-state index contributed by atoms with van der Waals surface area (Å²) < 4.78 is 15.6. The van der Waals surface area contributed by atoms with Gasteiger partial charge in [0.25, 0.3) is 5.91 Å². The zero-order chi connectivity index (χ0) is 16.8. The molecule has 1 amide bonds. The Hall–Kier alpha value is -2.47. The van der Waals surface area contributed by atoms with Crippen LogP contribution in [0, 0.1) is 12.7 Å². The number of benzene rings is 1. The number of nitrogens with zero attached hydrogens (tertiary/aromatic N) is 3. The molecule has 1 fully saturated rings. The van der Waals surface area contributed by atoms with Crippen molar-refractivity contribution < 1.29 is 9.18 Å². The predicted molar refractivity (Wildman–Crippen MR) is 88.6 cm³/mol. The van der Waals surface area contributed by atoms with E-state index in [1.54, 1.807) is 24.5 Å². The summed E-state index contributed by atoms with van der Waals surface area (Å²) in [6, 6.07) is 4.80. The summed E-state index contributed by atoms with van der Waals surface area (Å²) in [7, 11) is 0. The van der Waals surface area contributed by atoms with Gasteiger partial charge in [-0.05, 0) is 49.1 Å². The molecule has 0 spiro atoms. The fraction of sp³-hybridized carbons (Fsp3) is 0.235. The zero-order valence-corrected chi connectivity index (χ0v) is 13.6. The van der Waals surface area contributed by atoms with E-state index in [-0.39, 0.29) is 22.7 Å². The molecule has 7 heteroatoms. The Morgan fingerprint density at radius 1 is 1.42 bits per heavy atom. The monoisotopic (exact) mass is 344 g/mol. The molecule has 0 bridgehead atoms. The Kier molecular flexibility index (Phi) is 3.49. The summed E-state index contributed by atoms with van der Waals surface area (Å²) in [4.78, 5) is 16.9. The van der Waals surface area contributed by atoms with Gasteiger partial charge in [0.15, 0.2) is 11.3 Å². The summed E-state index contributed by atoms with van der Waals surface area (Å²) in [6.45, 7) is 1.82. The predicted octanol–water partition coefficient (Wildman–Crippen LogP) is 3.39. The first-order chi connectivity index (χ1) is 11.5. The Morgan fingerprint density at radius 2 is 2.21 bits per heavy atom. The molecule has 0 radical (unpaired) electrons. The standard InChI is InChI=1S/C17H14ClFN4O/c1-9-7-12(18)13(19)8-11(9)14-15(17(24)21-10-3-4-10)22-23-6-2-5-20-16(14)23/h2,5-8,10H,3-4H2,1H3,(H,21,24). The van der Waals surface area contributed by atoms with Crippen LogP contribution in [-0.2, 0) is 0 Å². The number of hydrogen-bond acceptors (Lipinski definition) is 3. The molecular weight excluding hydrogens is 331 g/mol. The van der Waals surface area contributed by atoms with Gasteiger partial charge in [0.1, 0.15) is 5.82 Å². The quantitative estimate of drug-likeness (QED) is 0.792. The lowest BCUT2D eigenvalue weighted by Crippen LogP contribution is -2.26. The molecule has 0 aliphatic heterocycles. The van der Waals surface area contributed by atoms with Crippen molar-refractivity contribution in [1.29, 1.82) is 0 Å². The number of amides is 1. The SMILES string of the molecule is Cc1cc(Cl)c(F)cc1-c1c(C(=O)NC2CC2)nn2cccnc12. The molecule has 0 saturated heterocycles. The maximum absolute atomic E-state index is 14.0. The van der Waals surface area contributed by atoms with Crippen LogP contribution in [0.15, 0.2) is 30.6 Å². The topological polar surface area (TPSA) is 59.3 Å². The Morgan fingerprint density at radius 3 is 2.96 bits per heavy atom. The zero-order valence-electron chi connectivity index (χ0n) is 12.9. The summed E-state index contributed by atoms with van der Waals surface area (Å²) in [5.41, 5.74) is 2.57. The number of rotatable bonds is 3. The van der Waals surface area contributed by atoms with Gasteiger partial charge in [0.2, 0.25) is 0 Å². The van der Waals surface area contributed by atoms with Gasteiger partial charge in [-0.15, -0.1) is 0 Å². The van der Waals surface area contributed by atoms with Crippen molar-refractivity contribution in [3.63, 3.8) is 0 Å². The largest absolute Gasteiger partial charge is 0.348 e. The van der Waals surface area contributed by atoms with E-state index in [0.29, 0.717) is 16.8 Å². The third kappa shape index (κ3) is 2.53. The molecule has 24 heavy (non-hydrogen) atoms. The van der Waals surface area contributed by atoms with Gasteiger partial charge in [0, 0.05) is 18.4 Å². The molecule has 122 valence electrons. The second-order valence-corrected chi connectivity index (χ2v) is 6.35. The van der Waals surface area contributed by atoms with Gasteiger partial charge in [-0.2, -0.15) is 5.10 Å². The van der Waals surface area contributed by atoms with E-state index in [0.717, 1.165) is 18.4 Å². The van der Waals surface area contributed by atoms with Crippen molar-refractivity contribution in [1.82, 2.24) is 19.9 Å². The molecular formula is C17H14ClFN4O. The van der Waals surface area contributed by atoms with E-state index in [1.165, 1.54) is 10.6 Å². The molecule has 3 aromatic rings. The van der Waals surface area contributed by atoms with E-state index in [1.807, 2.05) is 6.92 Å². The fourth-order valence-electron chi connectivity index (χ4n) is 2.69. The molecule has 1 saturated carbocycles. The van der Waals surface area contributed by atoms with Crippen LogP contribution in [0.5, 0.6) is 0 Å². The lowest BCUT2D eigenvalue weighted by Gasteiger charge is -2.08. The van der Waals surface area contributed by atoms with Crippen molar-refractivity contribution in [3.8, 4) is 11.1 Å². The van der Waals surface area contributed by atoms with E-state index in [2.05, 4.69) is 15.4 Å². The van der Waals surface area contributed by atoms with E-state index in [9.17, 15) is 9.18 Å². The smallest absolute Gasteiger partial charge is 0.272 e. The van der Waals surface area contributed by atoms with Crippen LogP contribution in [0.3, 0.4) is 0 Å². The van der Waals surface area contributed by atoms with Crippen LogP contribution in [0.2, 0.25) is 5.02 Å². The van der Waals surface area contributed by atoms with Crippen molar-refractivity contribution >= 4 is 23.2 Å². The van der Waals surface area contributed by atoms with E-state index < -0.39 is 5.82 Å². The summed E-state index contributed by atoms with van der Waals surface area (Å²) >= 11 is 5.85. The van der Waals surface area contributed by atoms with Crippen LogP contribution in [0.25, 0.3) is 16.8 Å². The van der Waals surface area contributed by atoms with Crippen molar-refractivity contribution in [2.45, 2.75) is 25.8 Å². The lowest BCUT2D eigenvalue weighted by molar-refractivity contribution is 0.0946. The molecule has 0 unspecified atom stereocenters. The molecule has 0 atom stereocenters. The van der Waals surface area contributed by atoms with E-state index in [4.69, 9.17) is 11.6 Å². The number of aromatic nitrogens is 3. The minimum absolute atomic E-state index is 0.0460. The third-order valence-corrected chi connectivity index (χ3v) is 4.35. The first-order valence-electron chi connectivity index (χ1n) is 7.65. The maximum Gasteiger partial charge on any atom is 0.272 e. The van der Waals surface area contributed by atoms with Gasteiger partial charge in [-0.25, -0.2) is 13.9 Å². The first kappa shape index (κ1) is 15.1. The fourth-order valence-corrected chi connectivity index (χ4v) is 2.91.